The fraction of sp³-hybridized carbons (Fsp3) is 0.333. The third-order valence-electron chi connectivity index (χ3n) is 3.17. The first kappa shape index (κ1) is 16.2. The molecule has 0 atom stereocenters. The molecule has 22 heavy (non-hydrogen) atoms. The van der Waals surface area contributed by atoms with Gasteiger partial charge in [-0.05, 0) is 25.8 Å². The van der Waals surface area contributed by atoms with Crippen molar-refractivity contribution in [2.24, 2.45) is 4.40 Å². The second-order valence-corrected chi connectivity index (χ2v) is 6.31. The Labute approximate surface area is 130 Å². The lowest BCUT2D eigenvalue weighted by Crippen LogP contribution is -2.33. The lowest BCUT2D eigenvalue weighted by molar-refractivity contribution is -0.137. The molecule has 1 aliphatic rings. The molecule has 1 heterocycles. The van der Waals surface area contributed by atoms with Crippen molar-refractivity contribution in [3.63, 3.8) is 0 Å². The summed E-state index contributed by atoms with van der Waals surface area (Å²) in [5.74, 6) is -0.566. The van der Waals surface area contributed by atoms with Crippen LogP contribution in [0.5, 0.6) is 0 Å². The average Bonchev–Trinajstić information content (AvgIpc) is 2.46. The zero-order valence-corrected chi connectivity index (χ0v) is 13.3. The molecule has 0 amide bonds. The van der Waals surface area contributed by atoms with E-state index in [4.69, 9.17) is 4.74 Å². The van der Waals surface area contributed by atoms with E-state index < -0.39 is 16.2 Å². The molecular formula is C15H18N2O4S. The highest BCUT2D eigenvalue weighted by Gasteiger charge is 2.28. The number of hydrogen-bond acceptors (Lipinski definition) is 4. The minimum Gasteiger partial charge on any atom is -0.462 e. The van der Waals surface area contributed by atoms with Gasteiger partial charge in [-0.25, -0.2) is 4.79 Å². The molecule has 1 aromatic rings. The van der Waals surface area contributed by atoms with Crippen LogP contribution in [0.4, 0.5) is 0 Å². The predicted octanol–water partition coefficient (Wildman–Crippen LogP) is 1.70. The van der Waals surface area contributed by atoms with Crippen molar-refractivity contribution in [1.82, 2.24) is 4.31 Å². The molecule has 7 heteroatoms. The van der Waals surface area contributed by atoms with Crippen LogP contribution in [-0.4, -0.2) is 37.6 Å². The summed E-state index contributed by atoms with van der Waals surface area (Å²) in [7, 11) is -3.79. The van der Waals surface area contributed by atoms with Crippen molar-refractivity contribution in [2.45, 2.75) is 20.3 Å². The molecule has 0 bridgehead atoms. The molecular weight excluding hydrogens is 304 g/mol. The summed E-state index contributed by atoms with van der Waals surface area (Å²) in [4.78, 5) is 11.8. The number of nitrogens with zero attached hydrogens (tertiary/aromatic N) is 2. The van der Waals surface area contributed by atoms with E-state index in [1.807, 2.05) is 30.3 Å². The Hall–Kier alpha value is -2.15. The van der Waals surface area contributed by atoms with E-state index in [1.165, 1.54) is 13.1 Å². The van der Waals surface area contributed by atoms with E-state index in [1.54, 1.807) is 6.92 Å². The molecule has 6 nitrogen and oxygen atoms in total. The highest BCUT2D eigenvalue weighted by Crippen LogP contribution is 2.18. The molecule has 1 aliphatic heterocycles. The van der Waals surface area contributed by atoms with E-state index in [0.717, 1.165) is 9.87 Å². The van der Waals surface area contributed by atoms with Gasteiger partial charge in [0.1, 0.15) is 0 Å². The lowest BCUT2D eigenvalue weighted by atomic mass is 10.1. The summed E-state index contributed by atoms with van der Waals surface area (Å²) >= 11 is 0. The van der Waals surface area contributed by atoms with Gasteiger partial charge in [0.2, 0.25) is 0 Å². The summed E-state index contributed by atoms with van der Waals surface area (Å²) in [5.41, 5.74) is 1.33. The third kappa shape index (κ3) is 3.73. The molecule has 2 rings (SSSR count). The SMILES string of the molecule is CCOC(=O)C1=CN(CCc2ccccc2)S(=O)(=O)N=C1C. The van der Waals surface area contributed by atoms with E-state index in [2.05, 4.69) is 4.40 Å². The summed E-state index contributed by atoms with van der Waals surface area (Å²) in [6.07, 6.45) is 1.83. The first-order chi connectivity index (χ1) is 10.4. The van der Waals surface area contributed by atoms with Crippen LogP contribution in [0.25, 0.3) is 0 Å². The third-order valence-corrected chi connectivity index (χ3v) is 4.56. The van der Waals surface area contributed by atoms with Crippen molar-refractivity contribution >= 4 is 21.9 Å². The van der Waals surface area contributed by atoms with Crippen LogP contribution in [0.15, 0.2) is 46.5 Å². The number of carbonyl (C=O) groups is 1. The topological polar surface area (TPSA) is 76.0 Å². The van der Waals surface area contributed by atoms with Gasteiger partial charge in [-0.1, -0.05) is 30.3 Å². The van der Waals surface area contributed by atoms with Gasteiger partial charge in [0.25, 0.3) is 0 Å². The standard InChI is InChI=1S/C15H18N2O4S/c1-3-21-15(18)14-11-17(22(19,20)16-12(14)2)10-9-13-7-5-4-6-8-13/h4-8,11H,3,9-10H2,1-2H3. The molecule has 0 saturated carbocycles. The minimum atomic E-state index is -3.79. The normalized spacial score (nSPS) is 16.7. The first-order valence-electron chi connectivity index (χ1n) is 6.95. The molecule has 0 spiro atoms. The van der Waals surface area contributed by atoms with Crippen LogP contribution in [0, 0.1) is 0 Å². The Morgan fingerprint density at radius 2 is 1.95 bits per heavy atom. The zero-order chi connectivity index (χ0) is 16.2. The van der Waals surface area contributed by atoms with Gasteiger partial charge in [0.15, 0.2) is 0 Å². The Morgan fingerprint density at radius 3 is 2.59 bits per heavy atom. The molecule has 0 N–H and O–H groups in total. The highest BCUT2D eigenvalue weighted by molar-refractivity contribution is 7.88. The van der Waals surface area contributed by atoms with Gasteiger partial charge in [0.05, 0.1) is 17.9 Å². The Morgan fingerprint density at radius 1 is 1.27 bits per heavy atom. The Bertz CT molecular complexity index is 708. The Balaban J connectivity index is 2.19. The number of ether oxygens (including phenoxy) is 1. The van der Waals surface area contributed by atoms with Crippen LogP contribution in [0.3, 0.4) is 0 Å². The molecule has 0 fully saturated rings. The molecule has 0 unspecified atom stereocenters. The molecule has 0 radical (unpaired) electrons. The van der Waals surface area contributed by atoms with Gasteiger partial charge in [-0.2, -0.15) is 8.42 Å². The second-order valence-electron chi connectivity index (χ2n) is 4.76. The van der Waals surface area contributed by atoms with Gasteiger partial charge in [0, 0.05) is 12.7 Å². The zero-order valence-electron chi connectivity index (χ0n) is 12.5. The molecule has 118 valence electrons. The largest absolute Gasteiger partial charge is 0.462 e. The maximum absolute atomic E-state index is 12.1. The summed E-state index contributed by atoms with van der Waals surface area (Å²) in [6.45, 7) is 3.61. The summed E-state index contributed by atoms with van der Waals surface area (Å²) in [5, 5.41) is 0. The fourth-order valence-electron chi connectivity index (χ4n) is 2.05. The second kappa shape index (κ2) is 6.74. The highest BCUT2D eigenvalue weighted by atomic mass is 32.2. The van der Waals surface area contributed by atoms with Crippen molar-refractivity contribution in [3.05, 3.63) is 47.7 Å². The van der Waals surface area contributed by atoms with Crippen molar-refractivity contribution in [3.8, 4) is 0 Å². The predicted molar refractivity (Wildman–Crippen MR) is 83.6 cm³/mol. The van der Waals surface area contributed by atoms with Crippen LogP contribution >= 0.6 is 0 Å². The van der Waals surface area contributed by atoms with Crippen LogP contribution in [0.1, 0.15) is 19.4 Å². The Kier molecular flexibility index (Phi) is 4.97. The van der Waals surface area contributed by atoms with Crippen LogP contribution in [0.2, 0.25) is 0 Å². The fourth-order valence-corrected chi connectivity index (χ4v) is 3.16. The quantitative estimate of drug-likeness (QED) is 0.773. The van der Waals surface area contributed by atoms with Gasteiger partial charge >= 0.3 is 16.2 Å². The summed E-state index contributed by atoms with van der Waals surface area (Å²) < 4.78 is 33.8. The van der Waals surface area contributed by atoms with Crippen LogP contribution in [-0.2, 0) is 26.2 Å². The number of hydrogen-bond donors (Lipinski definition) is 0. The number of rotatable bonds is 5. The van der Waals surface area contributed by atoms with E-state index in [9.17, 15) is 13.2 Å². The van der Waals surface area contributed by atoms with E-state index >= 15 is 0 Å². The van der Waals surface area contributed by atoms with E-state index in [0.29, 0.717) is 6.42 Å². The smallest absolute Gasteiger partial charge is 0.344 e. The summed E-state index contributed by atoms with van der Waals surface area (Å²) in [6, 6.07) is 9.51. The first-order valence-corrected chi connectivity index (χ1v) is 8.35. The molecule has 1 aromatic carbocycles. The van der Waals surface area contributed by atoms with E-state index in [-0.39, 0.29) is 24.4 Å². The number of carbonyl (C=O) groups excluding carboxylic acids is 1. The van der Waals surface area contributed by atoms with Gasteiger partial charge < -0.3 is 4.74 Å². The number of benzene rings is 1. The number of esters is 1. The van der Waals surface area contributed by atoms with Gasteiger partial charge in [-0.3, -0.25) is 4.31 Å². The van der Waals surface area contributed by atoms with Gasteiger partial charge in [-0.15, -0.1) is 4.40 Å². The minimum absolute atomic E-state index is 0.148. The van der Waals surface area contributed by atoms with Crippen LogP contribution < -0.4 is 0 Å². The molecule has 0 aromatic heterocycles. The van der Waals surface area contributed by atoms with Crippen molar-refractivity contribution < 1.29 is 17.9 Å². The maximum atomic E-state index is 12.1. The lowest BCUT2D eigenvalue weighted by Gasteiger charge is -2.23. The van der Waals surface area contributed by atoms with Crippen molar-refractivity contribution in [1.29, 1.82) is 0 Å². The molecule has 0 saturated heterocycles. The average molecular weight is 322 g/mol. The van der Waals surface area contributed by atoms with Crippen molar-refractivity contribution in [2.75, 3.05) is 13.2 Å². The monoisotopic (exact) mass is 322 g/mol. The maximum Gasteiger partial charge on any atom is 0.344 e. The molecule has 0 aliphatic carbocycles.